The fourth-order valence-electron chi connectivity index (χ4n) is 3.74. The van der Waals surface area contributed by atoms with E-state index in [-0.39, 0.29) is 31.0 Å². The molecule has 1 aliphatic carbocycles. The van der Waals surface area contributed by atoms with E-state index in [4.69, 9.17) is 39.5 Å². The molecule has 2 amide bonds. The van der Waals surface area contributed by atoms with E-state index in [1.54, 1.807) is 49.4 Å². The molecule has 1 N–H and O–H groups in total. The fourth-order valence-corrected chi connectivity index (χ4v) is 4.34. The summed E-state index contributed by atoms with van der Waals surface area (Å²) in [6.07, 6.45) is 5.35. The highest BCUT2D eigenvalue weighted by Crippen LogP contribution is 2.24. The van der Waals surface area contributed by atoms with Crippen LogP contribution in [0.5, 0.6) is 5.75 Å². The van der Waals surface area contributed by atoms with Crippen LogP contribution in [0, 0.1) is 0 Å². The Balaban J connectivity index is 1.73. The minimum Gasteiger partial charge on any atom is -0.484 e. The number of hydrogen-bond acceptors (Lipinski definition) is 3. The third-order valence-electron chi connectivity index (χ3n) is 5.65. The van der Waals surface area contributed by atoms with Crippen LogP contribution in [0.1, 0.15) is 44.6 Å². The number of nitrogens with one attached hydrogen (secondary N) is 1. The van der Waals surface area contributed by atoms with Crippen molar-refractivity contribution in [1.82, 2.24) is 10.2 Å². The average Bonchev–Trinajstić information content (AvgIpc) is 2.78. The summed E-state index contributed by atoms with van der Waals surface area (Å²) < 4.78 is 5.64. The van der Waals surface area contributed by atoms with E-state index in [2.05, 4.69) is 5.32 Å². The lowest BCUT2D eigenvalue weighted by atomic mass is 9.95. The van der Waals surface area contributed by atoms with Crippen molar-refractivity contribution in [3.8, 4) is 5.75 Å². The molecule has 1 saturated carbocycles. The van der Waals surface area contributed by atoms with E-state index in [0.717, 1.165) is 25.7 Å². The van der Waals surface area contributed by atoms with Gasteiger partial charge in [-0.2, -0.15) is 0 Å². The van der Waals surface area contributed by atoms with Crippen LogP contribution in [0.15, 0.2) is 42.5 Å². The summed E-state index contributed by atoms with van der Waals surface area (Å²) >= 11 is 18.2. The Kier molecular flexibility index (Phi) is 9.09. The number of carbonyl (C=O) groups is 2. The lowest BCUT2D eigenvalue weighted by molar-refractivity contribution is -0.142. The minimum absolute atomic E-state index is 0.153. The van der Waals surface area contributed by atoms with Gasteiger partial charge in [0.2, 0.25) is 5.91 Å². The lowest BCUT2D eigenvalue weighted by Crippen LogP contribution is -2.51. The van der Waals surface area contributed by atoms with Crippen LogP contribution in [0.25, 0.3) is 0 Å². The molecular weight excluding hydrogens is 471 g/mol. The number of carbonyl (C=O) groups excluding carboxylic acids is 2. The molecule has 0 heterocycles. The van der Waals surface area contributed by atoms with E-state index in [1.807, 2.05) is 0 Å². The SMILES string of the molecule is CC(C(=O)NC1CCCCC1)N(Cc1ccc(Cl)cc1Cl)C(=O)COc1ccc(Cl)cc1. The zero-order chi connectivity index (χ0) is 23.1. The van der Waals surface area contributed by atoms with Gasteiger partial charge in [-0.15, -0.1) is 0 Å². The number of benzene rings is 2. The summed E-state index contributed by atoms with van der Waals surface area (Å²) in [6, 6.07) is 11.3. The number of ether oxygens (including phenoxy) is 1. The van der Waals surface area contributed by atoms with Gasteiger partial charge < -0.3 is 15.0 Å². The molecule has 0 aliphatic heterocycles. The summed E-state index contributed by atoms with van der Waals surface area (Å²) in [5.41, 5.74) is 0.702. The van der Waals surface area contributed by atoms with Crippen LogP contribution in [0.4, 0.5) is 0 Å². The molecule has 172 valence electrons. The second-order valence-electron chi connectivity index (χ2n) is 8.02. The minimum atomic E-state index is -0.690. The van der Waals surface area contributed by atoms with E-state index in [0.29, 0.717) is 26.4 Å². The van der Waals surface area contributed by atoms with Gasteiger partial charge in [-0.3, -0.25) is 9.59 Å². The molecule has 8 heteroatoms. The number of halogens is 3. The van der Waals surface area contributed by atoms with E-state index >= 15 is 0 Å². The number of amides is 2. The van der Waals surface area contributed by atoms with Crippen molar-refractivity contribution in [1.29, 1.82) is 0 Å². The van der Waals surface area contributed by atoms with Crippen molar-refractivity contribution in [2.24, 2.45) is 0 Å². The number of nitrogens with zero attached hydrogens (tertiary/aromatic N) is 1. The van der Waals surface area contributed by atoms with E-state index in [9.17, 15) is 9.59 Å². The molecule has 1 fully saturated rings. The van der Waals surface area contributed by atoms with Crippen molar-refractivity contribution in [2.75, 3.05) is 6.61 Å². The lowest BCUT2D eigenvalue weighted by Gasteiger charge is -2.31. The highest BCUT2D eigenvalue weighted by molar-refractivity contribution is 6.35. The molecule has 1 atom stereocenters. The van der Waals surface area contributed by atoms with Crippen LogP contribution in [0.2, 0.25) is 15.1 Å². The number of hydrogen-bond donors (Lipinski definition) is 1. The summed E-state index contributed by atoms with van der Waals surface area (Å²) in [7, 11) is 0. The molecule has 5 nitrogen and oxygen atoms in total. The summed E-state index contributed by atoms with van der Waals surface area (Å²) in [5.74, 6) is 0.0191. The second kappa shape index (κ2) is 11.8. The van der Waals surface area contributed by atoms with Crippen molar-refractivity contribution in [3.05, 3.63) is 63.1 Å². The normalized spacial score (nSPS) is 15.1. The molecule has 1 unspecified atom stereocenters. The Morgan fingerprint density at radius 1 is 1.03 bits per heavy atom. The van der Waals surface area contributed by atoms with Crippen LogP contribution < -0.4 is 10.1 Å². The van der Waals surface area contributed by atoms with Crippen LogP contribution >= 0.6 is 34.8 Å². The molecular formula is C24H27Cl3N2O3. The molecule has 0 aromatic heterocycles. The highest BCUT2D eigenvalue weighted by Gasteiger charge is 2.29. The molecule has 0 saturated heterocycles. The van der Waals surface area contributed by atoms with Gasteiger partial charge in [-0.25, -0.2) is 0 Å². The zero-order valence-electron chi connectivity index (χ0n) is 18.0. The van der Waals surface area contributed by atoms with E-state index < -0.39 is 6.04 Å². The van der Waals surface area contributed by atoms with Gasteiger partial charge in [0, 0.05) is 27.7 Å². The van der Waals surface area contributed by atoms with Crippen molar-refractivity contribution >= 4 is 46.6 Å². The van der Waals surface area contributed by atoms with E-state index in [1.165, 1.54) is 11.3 Å². The smallest absolute Gasteiger partial charge is 0.261 e. The Bertz CT molecular complexity index is 931. The summed E-state index contributed by atoms with van der Waals surface area (Å²) in [4.78, 5) is 27.6. The quantitative estimate of drug-likeness (QED) is 0.494. The molecule has 0 spiro atoms. The Hall–Kier alpha value is -1.95. The van der Waals surface area contributed by atoms with Gasteiger partial charge in [0.15, 0.2) is 6.61 Å². The largest absolute Gasteiger partial charge is 0.484 e. The maximum Gasteiger partial charge on any atom is 0.261 e. The third-order valence-corrected chi connectivity index (χ3v) is 6.49. The summed E-state index contributed by atoms with van der Waals surface area (Å²) in [5, 5.41) is 4.62. The van der Waals surface area contributed by atoms with Crippen LogP contribution in [0.3, 0.4) is 0 Å². The average molecular weight is 498 g/mol. The molecule has 2 aromatic rings. The van der Waals surface area contributed by atoms with Gasteiger partial charge in [-0.1, -0.05) is 60.1 Å². The fraction of sp³-hybridized carbons (Fsp3) is 0.417. The van der Waals surface area contributed by atoms with Crippen LogP contribution in [-0.2, 0) is 16.1 Å². The van der Waals surface area contributed by atoms with Gasteiger partial charge in [0.25, 0.3) is 5.91 Å². The number of rotatable bonds is 8. The maximum atomic E-state index is 13.1. The monoisotopic (exact) mass is 496 g/mol. The zero-order valence-corrected chi connectivity index (χ0v) is 20.2. The summed E-state index contributed by atoms with van der Waals surface area (Å²) in [6.45, 7) is 1.67. The van der Waals surface area contributed by atoms with Gasteiger partial charge in [0.1, 0.15) is 11.8 Å². The molecule has 32 heavy (non-hydrogen) atoms. The first kappa shape index (κ1) is 24.7. The molecule has 2 aromatic carbocycles. The Labute approximate surface area is 204 Å². The van der Waals surface area contributed by atoms with Gasteiger partial charge in [0.05, 0.1) is 0 Å². The van der Waals surface area contributed by atoms with Crippen molar-refractivity contribution in [2.45, 2.75) is 57.7 Å². The molecule has 1 aliphatic rings. The first-order valence-corrected chi connectivity index (χ1v) is 11.9. The molecule has 0 radical (unpaired) electrons. The maximum absolute atomic E-state index is 13.1. The topological polar surface area (TPSA) is 58.6 Å². The van der Waals surface area contributed by atoms with Crippen molar-refractivity contribution < 1.29 is 14.3 Å². The van der Waals surface area contributed by atoms with Crippen molar-refractivity contribution in [3.63, 3.8) is 0 Å². The predicted molar refractivity (Wildman–Crippen MR) is 128 cm³/mol. The first-order valence-electron chi connectivity index (χ1n) is 10.8. The second-order valence-corrected chi connectivity index (χ2v) is 9.30. The Morgan fingerprint density at radius 2 is 1.69 bits per heavy atom. The van der Waals surface area contributed by atoms with Gasteiger partial charge >= 0.3 is 0 Å². The Morgan fingerprint density at radius 3 is 2.34 bits per heavy atom. The highest BCUT2D eigenvalue weighted by atomic mass is 35.5. The first-order chi connectivity index (χ1) is 15.3. The molecule has 0 bridgehead atoms. The molecule has 3 rings (SSSR count). The van der Waals surface area contributed by atoms with Gasteiger partial charge in [-0.05, 0) is 61.7 Å². The predicted octanol–water partition coefficient (Wildman–Crippen LogP) is 5.89. The standard InChI is InChI=1S/C24H27Cl3N2O3/c1-16(24(31)28-20-5-3-2-4-6-20)29(14-17-7-8-19(26)13-22(17)27)23(30)15-32-21-11-9-18(25)10-12-21/h7-13,16,20H,2-6,14-15H2,1H3,(H,28,31). The van der Waals surface area contributed by atoms with Crippen LogP contribution in [-0.4, -0.2) is 35.4 Å². The third kappa shape index (κ3) is 7.03.